The molecule has 6 heterocycles. The Morgan fingerprint density at radius 2 is 1.67 bits per heavy atom. The number of aromatic nitrogens is 3. The molecule has 54 heavy (non-hydrogen) atoms. The Morgan fingerprint density at radius 3 is 2.41 bits per heavy atom. The molecular weight excluding hydrogens is 681 g/mol. The SMILES string of the molecule is Cc1c(N[C@H]2C[C@@H](c3ccc(C(=O)N4CCC5(CC4)CCN(c4ccc6c(C7CCC(=O)NC7=O)nccc6c4)CC5)cc3)CN(C)C2)cnn(C)c1=O. The number of rotatable bonds is 6. The van der Waals surface area contributed by atoms with E-state index in [-0.39, 0.29) is 34.7 Å². The van der Waals surface area contributed by atoms with Crippen molar-refractivity contribution in [3.63, 3.8) is 0 Å². The summed E-state index contributed by atoms with van der Waals surface area (Å²) in [5.41, 5.74) is 5.53. The average molecular weight is 731 g/mol. The van der Waals surface area contributed by atoms with Crippen LogP contribution in [0.4, 0.5) is 11.4 Å². The lowest BCUT2D eigenvalue weighted by molar-refractivity contribution is -0.134. The number of amides is 3. The second-order valence-corrected chi connectivity index (χ2v) is 16.1. The molecule has 2 aromatic carbocycles. The third kappa shape index (κ3) is 7.11. The van der Waals surface area contributed by atoms with Gasteiger partial charge in [0.05, 0.1) is 23.5 Å². The summed E-state index contributed by atoms with van der Waals surface area (Å²) >= 11 is 0. The van der Waals surface area contributed by atoms with Crippen LogP contribution in [0.15, 0.2) is 65.7 Å². The lowest BCUT2D eigenvalue weighted by atomic mass is 9.71. The van der Waals surface area contributed by atoms with Crippen LogP contribution in [-0.2, 0) is 16.6 Å². The highest BCUT2D eigenvalue weighted by molar-refractivity contribution is 6.02. The van der Waals surface area contributed by atoms with Gasteiger partial charge in [-0.1, -0.05) is 18.2 Å². The quantitative estimate of drug-likeness (QED) is 0.274. The number of hydrogen-bond acceptors (Lipinski definition) is 9. The molecule has 4 aliphatic heterocycles. The first kappa shape index (κ1) is 35.9. The molecule has 3 atom stereocenters. The smallest absolute Gasteiger partial charge is 0.271 e. The van der Waals surface area contributed by atoms with Crippen LogP contribution in [0.25, 0.3) is 10.8 Å². The molecule has 1 unspecified atom stereocenters. The maximum atomic E-state index is 13.7. The number of nitrogens with one attached hydrogen (secondary N) is 2. The standard InChI is InChI=1S/C42H50N8O4/c1-27-36(24-44-48(3)40(27)53)45-32-22-31(25-47(2)26-32)28-4-6-29(7-5-28)41(54)50-20-15-42(16-21-50)13-18-49(19-14-42)33-8-9-34-30(23-33)12-17-43-38(34)35-10-11-37(51)46-39(35)52/h4-9,12,17,23-24,31-32,35,45H,10-11,13-16,18-22,25-26H2,1-3H3,(H,46,51,52)/t31-,32+,35?/m1/s1. The average Bonchev–Trinajstić information content (AvgIpc) is 3.18. The minimum atomic E-state index is -0.410. The van der Waals surface area contributed by atoms with E-state index < -0.39 is 5.92 Å². The van der Waals surface area contributed by atoms with Gasteiger partial charge in [-0.2, -0.15) is 5.10 Å². The number of piperidine rings is 4. The van der Waals surface area contributed by atoms with Crippen molar-refractivity contribution in [2.75, 3.05) is 56.5 Å². The molecular formula is C42H50N8O4. The van der Waals surface area contributed by atoms with Crippen LogP contribution < -0.4 is 21.1 Å². The van der Waals surface area contributed by atoms with Crippen LogP contribution in [-0.4, -0.2) is 94.6 Å². The van der Waals surface area contributed by atoms with Crippen LogP contribution in [0.5, 0.6) is 0 Å². The van der Waals surface area contributed by atoms with E-state index in [9.17, 15) is 19.2 Å². The summed E-state index contributed by atoms with van der Waals surface area (Å²) in [6.45, 7) is 7.17. The number of imide groups is 1. The Hall–Kier alpha value is -5.10. The zero-order valence-electron chi connectivity index (χ0n) is 31.5. The predicted molar refractivity (Wildman–Crippen MR) is 209 cm³/mol. The van der Waals surface area contributed by atoms with Crippen molar-refractivity contribution in [2.45, 2.75) is 69.7 Å². The molecule has 4 aliphatic rings. The molecule has 8 rings (SSSR count). The number of likely N-dealkylation sites (tertiary alicyclic amines) is 2. The Balaban J connectivity index is 0.850. The molecule has 4 saturated heterocycles. The van der Waals surface area contributed by atoms with Crippen LogP contribution in [0, 0.1) is 12.3 Å². The molecule has 282 valence electrons. The Morgan fingerprint density at radius 1 is 0.926 bits per heavy atom. The Bertz CT molecular complexity index is 2130. The predicted octanol–water partition coefficient (Wildman–Crippen LogP) is 4.58. The molecule has 4 fully saturated rings. The van der Waals surface area contributed by atoms with E-state index in [2.05, 4.69) is 67.9 Å². The van der Waals surface area contributed by atoms with Crippen LogP contribution in [0.1, 0.15) is 84.0 Å². The normalized spacial score (nSPS) is 23.4. The van der Waals surface area contributed by atoms with Gasteiger partial charge in [-0.15, -0.1) is 0 Å². The number of likely N-dealkylation sites (N-methyl/N-ethyl adjacent to an activating group) is 1. The van der Waals surface area contributed by atoms with E-state index in [1.165, 1.54) is 15.9 Å². The first-order valence-electron chi connectivity index (χ1n) is 19.4. The Kier molecular flexibility index (Phi) is 9.72. The number of anilines is 2. The number of aryl methyl sites for hydroxylation is 1. The largest absolute Gasteiger partial charge is 0.379 e. The van der Waals surface area contributed by atoms with E-state index in [0.717, 1.165) is 99.1 Å². The zero-order valence-corrected chi connectivity index (χ0v) is 31.5. The van der Waals surface area contributed by atoms with Gasteiger partial charge in [-0.25, -0.2) is 4.68 Å². The third-order valence-electron chi connectivity index (χ3n) is 12.6. The number of benzene rings is 2. The van der Waals surface area contributed by atoms with E-state index in [0.29, 0.717) is 24.3 Å². The van der Waals surface area contributed by atoms with E-state index in [1.807, 2.05) is 30.0 Å². The Labute approximate surface area is 315 Å². The fraction of sp³-hybridized carbons (Fsp3) is 0.476. The highest BCUT2D eigenvalue weighted by atomic mass is 16.2. The first-order valence-corrected chi connectivity index (χ1v) is 19.4. The van der Waals surface area contributed by atoms with E-state index >= 15 is 0 Å². The minimum Gasteiger partial charge on any atom is -0.379 e. The minimum absolute atomic E-state index is 0.0868. The van der Waals surface area contributed by atoms with E-state index in [1.54, 1.807) is 19.4 Å². The monoisotopic (exact) mass is 730 g/mol. The first-order chi connectivity index (χ1) is 26.1. The van der Waals surface area contributed by atoms with Gasteiger partial charge in [0.15, 0.2) is 0 Å². The summed E-state index contributed by atoms with van der Waals surface area (Å²) in [6.07, 6.45) is 9.50. The number of carbonyl (C=O) groups excluding carboxylic acids is 3. The molecule has 3 amide bonds. The van der Waals surface area contributed by atoms with Crippen molar-refractivity contribution in [2.24, 2.45) is 12.5 Å². The van der Waals surface area contributed by atoms with Crippen LogP contribution >= 0.6 is 0 Å². The number of nitrogens with zero attached hydrogens (tertiary/aromatic N) is 6. The highest BCUT2D eigenvalue weighted by Gasteiger charge is 2.39. The summed E-state index contributed by atoms with van der Waals surface area (Å²) in [6, 6.07) is 16.8. The fourth-order valence-corrected chi connectivity index (χ4v) is 9.30. The van der Waals surface area contributed by atoms with Gasteiger partial charge in [0, 0.05) is 87.2 Å². The van der Waals surface area contributed by atoms with Crippen molar-refractivity contribution in [1.29, 1.82) is 0 Å². The highest BCUT2D eigenvalue weighted by Crippen LogP contribution is 2.43. The summed E-state index contributed by atoms with van der Waals surface area (Å²) < 4.78 is 1.36. The number of carbonyl (C=O) groups is 3. The molecule has 0 radical (unpaired) electrons. The second kappa shape index (κ2) is 14.6. The molecule has 2 N–H and O–H groups in total. The number of fused-ring (bicyclic) bond motifs is 1. The molecule has 0 bridgehead atoms. The lowest BCUT2D eigenvalue weighted by Crippen LogP contribution is -2.48. The number of hydrogen-bond donors (Lipinski definition) is 2. The van der Waals surface area contributed by atoms with Crippen molar-refractivity contribution in [1.82, 2.24) is 29.9 Å². The van der Waals surface area contributed by atoms with Gasteiger partial charge in [-0.05, 0) is 105 Å². The molecule has 4 aromatic rings. The maximum Gasteiger partial charge on any atom is 0.271 e. The van der Waals surface area contributed by atoms with Crippen molar-refractivity contribution in [3.8, 4) is 0 Å². The summed E-state index contributed by atoms with van der Waals surface area (Å²) in [5, 5.41) is 12.3. The van der Waals surface area contributed by atoms with E-state index in [4.69, 9.17) is 0 Å². The third-order valence-corrected chi connectivity index (χ3v) is 12.6. The number of pyridine rings is 1. The molecule has 2 aromatic heterocycles. The fourth-order valence-electron chi connectivity index (χ4n) is 9.30. The molecule has 12 nitrogen and oxygen atoms in total. The van der Waals surface area contributed by atoms with Crippen molar-refractivity contribution >= 4 is 39.9 Å². The van der Waals surface area contributed by atoms with Gasteiger partial charge < -0.3 is 20.0 Å². The molecule has 0 saturated carbocycles. The van der Waals surface area contributed by atoms with Crippen molar-refractivity contribution in [3.05, 3.63) is 93.7 Å². The van der Waals surface area contributed by atoms with Gasteiger partial charge >= 0.3 is 0 Å². The molecule has 0 aliphatic carbocycles. The van der Waals surface area contributed by atoms with Crippen LogP contribution in [0.3, 0.4) is 0 Å². The maximum absolute atomic E-state index is 13.7. The summed E-state index contributed by atoms with van der Waals surface area (Å²) in [5.74, 6) is -0.461. The topological polar surface area (TPSA) is 133 Å². The summed E-state index contributed by atoms with van der Waals surface area (Å²) in [7, 11) is 3.80. The zero-order chi connectivity index (χ0) is 37.6. The van der Waals surface area contributed by atoms with Gasteiger partial charge in [0.25, 0.3) is 11.5 Å². The van der Waals surface area contributed by atoms with Crippen molar-refractivity contribution < 1.29 is 14.4 Å². The molecule has 1 spiro atoms. The summed E-state index contributed by atoms with van der Waals surface area (Å²) in [4.78, 5) is 61.7. The van der Waals surface area contributed by atoms with Gasteiger partial charge in [0.2, 0.25) is 11.8 Å². The lowest BCUT2D eigenvalue weighted by Gasteiger charge is -2.47. The van der Waals surface area contributed by atoms with Gasteiger partial charge in [-0.3, -0.25) is 29.5 Å². The molecule has 12 heteroatoms. The second-order valence-electron chi connectivity index (χ2n) is 16.1. The van der Waals surface area contributed by atoms with Crippen LogP contribution in [0.2, 0.25) is 0 Å². The van der Waals surface area contributed by atoms with Gasteiger partial charge in [0.1, 0.15) is 0 Å².